The molecule has 0 unspecified atom stereocenters. The van der Waals surface area contributed by atoms with Crippen molar-refractivity contribution in [2.45, 2.75) is 6.92 Å². The lowest BCUT2D eigenvalue weighted by atomic mass is 10.3. The van der Waals surface area contributed by atoms with Crippen LogP contribution in [-0.4, -0.2) is 34.4 Å². The number of benzene rings is 1. The van der Waals surface area contributed by atoms with E-state index in [-0.39, 0.29) is 12.3 Å². The number of halogens is 1. The van der Waals surface area contributed by atoms with Crippen LogP contribution < -0.4 is 10.7 Å². The van der Waals surface area contributed by atoms with Gasteiger partial charge in [0.15, 0.2) is 5.76 Å². The van der Waals surface area contributed by atoms with Gasteiger partial charge in [0.1, 0.15) is 5.15 Å². The zero-order chi connectivity index (χ0) is 19.2. The minimum absolute atomic E-state index is 0.127. The number of furan rings is 1. The van der Waals surface area contributed by atoms with Gasteiger partial charge in [-0.25, -0.2) is 10.1 Å². The van der Waals surface area contributed by atoms with E-state index in [2.05, 4.69) is 20.9 Å². The summed E-state index contributed by atoms with van der Waals surface area (Å²) in [5.41, 5.74) is 4.38. The van der Waals surface area contributed by atoms with Crippen molar-refractivity contribution in [1.29, 1.82) is 0 Å². The van der Waals surface area contributed by atoms with E-state index < -0.39 is 11.8 Å². The van der Waals surface area contributed by atoms with Crippen molar-refractivity contribution in [3.63, 3.8) is 0 Å². The molecule has 138 valence electrons. The molecule has 0 radical (unpaired) electrons. The Labute approximate surface area is 159 Å². The molecule has 3 aromatic rings. The maximum absolute atomic E-state index is 11.8. The molecule has 0 atom stereocenters. The molecule has 8 nitrogen and oxygen atoms in total. The second-order valence-electron chi connectivity index (χ2n) is 5.49. The number of nitrogens with one attached hydrogen (secondary N) is 2. The van der Waals surface area contributed by atoms with E-state index in [0.717, 1.165) is 5.69 Å². The quantitative estimate of drug-likeness (QED) is 0.502. The third-order valence-electron chi connectivity index (χ3n) is 3.59. The summed E-state index contributed by atoms with van der Waals surface area (Å²) in [4.78, 5) is 23.5. The summed E-state index contributed by atoms with van der Waals surface area (Å²) in [6, 6.07) is 12.5. The Morgan fingerprint density at radius 3 is 2.74 bits per heavy atom. The molecular formula is C18H16ClN5O3. The smallest absolute Gasteiger partial charge is 0.287 e. The van der Waals surface area contributed by atoms with Crippen LogP contribution in [0.4, 0.5) is 0 Å². The fourth-order valence-electron chi connectivity index (χ4n) is 2.26. The van der Waals surface area contributed by atoms with Gasteiger partial charge in [0.2, 0.25) is 0 Å². The fourth-order valence-corrected chi connectivity index (χ4v) is 2.58. The number of rotatable bonds is 6. The van der Waals surface area contributed by atoms with Crippen molar-refractivity contribution < 1.29 is 14.0 Å². The van der Waals surface area contributed by atoms with E-state index >= 15 is 0 Å². The summed E-state index contributed by atoms with van der Waals surface area (Å²) in [7, 11) is 0. The van der Waals surface area contributed by atoms with Gasteiger partial charge < -0.3 is 9.73 Å². The normalized spacial score (nSPS) is 10.9. The van der Waals surface area contributed by atoms with Crippen molar-refractivity contribution in [2.75, 3.05) is 6.54 Å². The first kappa shape index (κ1) is 18.4. The molecule has 0 bridgehead atoms. The topological polar surface area (TPSA) is 102 Å². The predicted octanol–water partition coefficient (Wildman–Crippen LogP) is 2.31. The summed E-state index contributed by atoms with van der Waals surface area (Å²) in [5, 5.41) is 11.1. The molecule has 0 aliphatic carbocycles. The van der Waals surface area contributed by atoms with Crippen LogP contribution in [0.5, 0.6) is 0 Å². The highest BCUT2D eigenvalue weighted by Gasteiger charge is 2.13. The Kier molecular flexibility index (Phi) is 5.68. The second-order valence-corrected chi connectivity index (χ2v) is 5.85. The van der Waals surface area contributed by atoms with Crippen LogP contribution in [0.25, 0.3) is 5.69 Å². The lowest BCUT2D eigenvalue weighted by molar-refractivity contribution is -0.120. The molecular weight excluding hydrogens is 370 g/mol. The fraction of sp³-hybridized carbons (Fsp3) is 0.111. The van der Waals surface area contributed by atoms with Crippen molar-refractivity contribution in [2.24, 2.45) is 5.10 Å². The number of amides is 2. The number of hydrogen-bond donors (Lipinski definition) is 2. The zero-order valence-corrected chi connectivity index (χ0v) is 15.1. The number of nitrogens with zero attached hydrogens (tertiary/aromatic N) is 3. The molecule has 3 rings (SSSR count). The molecule has 2 amide bonds. The maximum atomic E-state index is 11.8. The first-order valence-corrected chi connectivity index (χ1v) is 8.38. The number of aryl methyl sites for hydroxylation is 1. The standard InChI is InChI=1S/C18H16ClN5O3/c1-12-14(17(19)24(23-12)13-6-3-2-4-7-13)10-21-22-16(25)11-20-18(26)15-8-5-9-27-15/h2-10H,11H2,1H3,(H,20,26)(H,22,25)/b21-10+. The van der Waals surface area contributed by atoms with Crippen LogP contribution in [0.3, 0.4) is 0 Å². The van der Waals surface area contributed by atoms with Crippen molar-refractivity contribution in [3.05, 3.63) is 70.9 Å². The zero-order valence-electron chi connectivity index (χ0n) is 14.3. The largest absolute Gasteiger partial charge is 0.459 e. The summed E-state index contributed by atoms with van der Waals surface area (Å²) >= 11 is 6.37. The van der Waals surface area contributed by atoms with E-state index in [1.54, 1.807) is 17.7 Å². The Hall–Kier alpha value is -3.39. The van der Waals surface area contributed by atoms with E-state index in [9.17, 15) is 9.59 Å². The summed E-state index contributed by atoms with van der Waals surface area (Å²) in [5.74, 6) is -0.848. The molecule has 2 heterocycles. The number of hydrogen-bond acceptors (Lipinski definition) is 5. The number of hydrazone groups is 1. The molecule has 0 aliphatic rings. The van der Waals surface area contributed by atoms with Gasteiger partial charge in [0, 0.05) is 0 Å². The number of carbonyl (C=O) groups excluding carboxylic acids is 2. The van der Waals surface area contributed by atoms with E-state index in [1.807, 2.05) is 30.3 Å². The highest BCUT2D eigenvalue weighted by molar-refractivity contribution is 6.32. The van der Waals surface area contributed by atoms with Crippen molar-refractivity contribution in [3.8, 4) is 5.69 Å². The van der Waals surface area contributed by atoms with Crippen molar-refractivity contribution in [1.82, 2.24) is 20.5 Å². The molecule has 0 saturated heterocycles. The highest BCUT2D eigenvalue weighted by Crippen LogP contribution is 2.21. The number of aromatic nitrogens is 2. The van der Waals surface area contributed by atoms with Crippen LogP contribution in [0.1, 0.15) is 21.8 Å². The molecule has 9 heteroatoms. The molecule has 2 N–H and O–H groups in total. The van der Waals surface area contributed by atoms with Gasteiger partial charge in [-0.05, 0) is 31.2 Å². The van der Waals surface area contributed by atoms with Gasteiger partial charge in [-0.1, -0.05) is 29.8 Å². The van der Waals surface area contributed by atoms with E-state index in [1.165, 1.54) is 18.5 Å². The summed E-state index contributed by atoms with van der Waals surface area (Å²) in [6.45, 7) is 1.55. The summed E-state index contributed by atoms with van der Waals surface area (Å²) in [6.07, 6.45) is 2.79. The second kappa shape index (κ2) is 8.33. The first-order chi connectivity index (χ1) is 13.1. The van der Waals surface area contributed by atoms with Crippen LogP contribution in [0.15, 0.2) is 58.2 Å². The van der Waals surface area contributed by atoms with E-state index in [0.29, 0.717) is 16.4 Å². The third kappa shape index (κ3) is 4.42. The first-order valence-electron chi connectivity index (χ1n) is 8.00. The highest BCUT2D eigenvalue weighted by atomic mass is 35.5. The monoisotopic (exact) mass is 385 g/mol. The third-order valence-corrected chi connectivity index (χ3v) is 3.95. The molecule has 0 saturated carbocycles. The van der Waals surface area contributed by atoms with Crippen LogP contribution in [0.2, 0.25) is 5.15 Å². The summed E-state index contributed by atoms with van der Waals surface area (Å²) < 4.78 is 6.52. The van der Waals surface area contributed by atoms with Crippen LogP contribution >= 0.6 is 11.6 Å². The molecule has 2 aromatic heterocycles. The molecule has 27 heavy (non-hydrogen) atoms. The average molecular weight is 386 g/mol. The molecule has 1 aromatic carbocycles. The Morgan fingerprint density at radius 2 is 2.04 bits per heavy atom. The van der Waals surface area contributed by atoms with Gasteiger partial charge in [0.25, 0.3) is 11.8 Å². The number of carbonyl (C=O) groups is 2. The van der Waals surface area contributed by atoms with Gasteiger partial charge in [0.05, 0.1) is 36.0 Å². The maximum Gasteiger partial charge on any atom is 0.287 e. The van der Waals surface area contributed by atoms with Gasteiger partial charge in [-0.3, -0.25) is 9.59 Å². The SMILES string of the molecule is Cc1nn(-c2ccccc2)c(Cl)c1/C=N/NC(=O)CNC(=O)c1ccco1. The van der Waals surface area contributed by atoms with Crippen LogP contribution in [-0.2, 0) is 4.79 Å². The van der Waals surface area contributed by atoms with Crippen LogP contribution in [0, 0.1) is 6.92 Å². The van der Waals surface area contributed by atoms with Gasteiger partial charge in [-0.15, -0.1) is 0 Å². The molecule has 0 spiro atoms. The Bertz CT molecular complexity index is 965. The predicted molar refractivity (Wildman–Crippen MR) is 100 cm³/mol. The Balaban J connectivity index is 1.59. The minimum Gasteiger partial charge on any atom is -0.459 e. The van der Waals surface area contributed by atoms with Gasteiger partial charge >= 0.3 is 0 Å². The van der Waals surface area contributed by atoms with Crippen molar-refractivity contribution >= 4 is 29.6 Å². The Morgan fingerprint density at radius 1 is 1.26 bits per heavy atom. The van der Waals surface area contributed by atoms with E-state index in [4.69, 9.17) is 16.0 Å². The molecule has 0 aliphatic heterocycles. The molecule has 0 fully saturated rings. The lowest BCUT2D eigenvalue weighted by Crippen LogP contribution is -2.34. The van der Waals surface area contributed by atoms with Gasteiger partial charge in [-0.2, -0.15) is 10.2 Å². The number of para-hydroxylation sites is 1. The minimum atomic E-state index is -0.490. The average Bonchev–Trinajstić information content (AvgIpc) is 3.31. The lowest BCUT2D eigenvalue weighted by Gasteiger charge is -2.02.